The summed E-state index contributed by atoms with van der Waals surface area (Å²) < 4.78 is 37.7. The average molecular weight is 283 g/mol. The number of amides is 1. The fourth-order valence-corrected chi connectivity index (χ4v) is 1.61. The Morgan fingerprint density at radius 3 is 2.40 bits per heavy atom. The van der Waals surface area contributed by atoms with Gasteiger partial charge in [0.1, 0.15) is 0 Å². The Labute approximate surface area is 113 Å². The maximum absolute atomic E-state index is 12.0. The SMILES string of the molecule is Cc1ccn(-c2ccc(CNC(=O)C(F)(F)F)cc2)n1. The highest BCUT2D eigenvalue weighted by Crippen LogP contribution is 2.15. The van der Waals surface area contributed by atoms with Crippen LogP contribution >= 0.6 is 0 Å². The van der Waals surface area contributed by atoms with E-state index < -0.39 is 12.1 Å². The van der Waals surface area contributed by atoms with E-state index in [4.69, 9.17) is 0 Å². The fourth-order valence-electron chi connectivity index (χ4n) is 1.61. The van der Waals surface area contributed by atoms with E-state index in [2.05, 4.69) is 5.10 Å². The molecule has 106 valence electrons. The van der Waals surface area contributed by atoms with E-state index in [1.54, 1.807) is 35.1 Å². The van der Waals surface area contributed by atoms with Crippen molar-refractivity contribution in [2.24, 2.45) is 0 Å². The van der Waals surface area contributed by atoms with E-state index in [0.29, 0.717) is 5.56 Å². The molecule has 2 rings (SSSR count). The van der Waals surface area contributed by atoms with Gasteiger partial charge < -0.3 is 5.32 Å². The average Bonchev–Trinajstić information content (AvgIpc) is 2.82. The number of hydrogen-bond acceptors (Lipinski definition) is 2. The van der Waals surface area contributed by atoms with Crippen molar-refractivity contribution in [1.29, 1.82) is 0 Å². The van der Waals surface area contributed by atoms with E-state index in [0.717, 1.165) is 11.4 Å². The van der Waals surface area contributed by atoms with Gasteiger partial charge in [-0.15, -0.1) is 0 Å². The molecule has 0 aliphatic carbocycles. The zero-order valence-electron chi connectivity index (χ0n) is 10.6. The molecule has 1 heterocycles. The molecule has 0 radical (unpaired) electrons. The monoisotopic (exact) mass is 283 g/mol. The Morgan fingerprint density at radius 1 is 1.25 bits per heavy atom. The van der Waals surface area contributed by atoms with Gasteiger partial charge in [0.15, 0.2) is 0 Å². The van der Waals surface area contributed by atoms with Gasteiger partial charge in [-0.1, -0.05) is 12.1 Å². The molecule has 0 aliphatic rings. The lowest BCUT2D eigenvalue weighted by molar-refractivity contribution is -0.173. The van der Waals surface area contributed by atoms with Crippen molar-refractivity contribution < 1.29 is 18.0 Å². The summed E-state index contributed by atoms with van der Waals surface area (Å²) >= 11 is 0. The molecule has 0 fully saturated rings. The third kappa shape index (κ3) is 3.37. The predicted octanol–water partition coefficient (Wildman–Crippen LogP) is 2.36. The Morgan fingerprint density at radius 2 is 1.90 bits per heavy atom. The van der Waals surface area contributed by atoms with E-state index in [1.807, 2.05) is 18.3 Å². The molecule has 1 N–H and O–H groups in total. The van der Waals surface area contributed by atoms with E-state index >= 15 is 0 Å². The van der Waals surface area contributed by atoms with Crippen LogP contribution in [0.15, 0.2) is 36.5 Å². The van der Waals surface area contributed by atoms with Crippen LogP contribution < -0.4 is 5.32 Å². The summed E-state index contributed by atoms with van der Waals surface area (Å²) in [5.74, 6) is -1.94. The molecule has 20 heavy (non-hydrogen) atoms. The summed E-state index contributed by atoms with van der Waals surface area (Å²) in [4.78, 5) is 10.7. The lowest BCUT2D eigenvalue weighted by Crippen LogP contribution is -2.36. The van der Waals surface area contributed by atoms with Crippen molar-refractivity contribution in [3.8, 4) is 5.69 Å². The maximum atomic E-state index is 12.0. The molecule has 7 heteroatoms. The Balaban J connectivity index is 2.00. The zero-order valence-corrected chi connectivity index (χ0v) is 10.6. The number of hydrogen-bond donors (Lipinski definition) is 1. The molecule has 1 amide bonds. The van der Waals surface area contributed by atoms with E-state index in [-0.39, 0.29) is 6.54 Å². The quantitative estimate of drug-likeness (QED) is 0.940. The van der Waals surface area contributed by atoms with Crippen LogP contribution in [-0.2, 0) is 11.3 Å². The van der Waals surface area contributed by atoms with Crippen molar-refractivity contribution in [1.82, 2.24) is 15.1 Å². The largest absolute Gasteiger partial charge is 0.471 e. The molecule has 2 aromatic rings. The smallest absolute Gasteiger partial charge is 0.344 e. The minimum absolute atomic E-state index is 0.170. The zero-order chi connectivity index (χ0) is 14.8. The van der Waals surface area contributed by atoms with Crippen LogP contribution in [0.3, 0.4) is 0 Å². The van der Waals surface area contributed by atoms with Gasteiger partial charge in [-0.2, -0.15) is 18.3 Å². The predicted molar refractivity (Wildman–Crippen MR) is 66.2 cm³/mol. The van der Waals surface area contributed by atoms with Crippen LogP contribution in [0, 0.1) is 6.92 Å². The Kier molecular flexibility index (Phi) is 3.78. The summed E-state index contributed by atoms with van der Waals surface area (Å²) in [6.07, 6.45) is -3.07. The first kappa shape index (κ1) is 14.1. The number of aromatic nitrogens is 2. The second kappa shape index (κ2) is 5.36. The highest BCUT2D eigenvalue weighted by atomic mass is 19.4. The highest BCUT2D eigenvalue weighted by Gasteiger charge is 2.38. The van der Waals surface area contributed by atoms with Crippen LogP contribution in [0.25, 0.3) is 5.69 Å². The second-order valence-electron chi connectivity index (χ2n) is 4.25. The van der Waals surface area contributed by atoms with Crippen LogP contribution in [0.2, 0.25) is 0 Å². The van der Waals surface area contributed by atoms with Crippen molar-refractivity contribution in [3.63, 3.8) is 0 Å². The number of nitrogens with one attached hydrogen (secondary N) is 1. The van der Waals surface area contributed by atoms with Crippen LogP contribution in [-0.4, -0.2) is 21.9 Å². The third-order valence-corrected chi connectivity index (χ3v) is 2.63. The molecule has 4 nitrogen and oxygen atoms in total. The minimum atomic E-state index is -4.85. The van der Waals surface area contributed by atoms with E-state index in [1.165, 1.54) is 0 Å². The normalized spacial score (nSPS) is 11.4. The van der Waals surface area contributed by atoms with Gasteiger partial charge in [0.05, 0.1) is 11.4 Å². The van der Waals surface area contributed by atoms with Crippen LogP contribution in [0.5, 0.6) is 0 Å². The number of nitrogens with zero attached hydrogens (tertiary/aromatic N) is 2. The number of benzene rings is 1. The van der Waals surface area contributed by atoms with Gasteiger partial charge in [-0.25, -0.2) is 4.68 Å². The minimum Gasteiger partial charge on any atom is -0.344 e. The Hall–Kier alpha value is -2.31. The summed E-state index contributed by atoms with van der Waals surface area (Å²) in [6.45, 7) is 1.69. The molecule has 0 saturated carbocycles. The topological polar surface area (TPSA) is 46.9 Å². The van der Waals surface area contributed by atoms with Crippen LogP contribution in [0.4, 0.5) is 13.2 Å². The molecule has 0 unspecified atom stereocenters. The molecule has 1 aromatic carbocycles. The third-order valence-electron chi connectivity index (χ3n) is 2.63. The molecular formula is C13H12F3N3O. The van der Waals surface area contributed by atoms with Gasteiger partial charge in [0.2, 0.25) is 0 Å². The summed E-state index contributed by atoms with van der Waals surface area (Å²) in [6, 6.07) is 8.58. The number of halogens is 3. The second-order valence-corrected chi connectivity index (χ2v) is 4.25. The molecular weight excluding hydrogens is 271 g/mol. The van der Waals surface area contributed by atoms with Crippen molar-refractivity contribution in [3.05, 3.63) is 47.8 Å². The van der Waals surface area contributed by atoms with Gasteiger partial charge in [0.25, 0.3) is 0 Å². The number of alkyl halides is 3. The Bertz CT molecular complexity index is 602. The first-order chi connectivity index (χ1) is 9.36. The molecule has 1 aromatic heterocycles. The van der Waals surface area contributed by atoms with Crippen LogP contribution in [0.1, 0.15) is 11.3 Å². The van der Waals surface area contributed by atoms with Gasteiger partial charge in [-0.3, -0.25) is 4.79 Å². The summed E-state index contributed by atoms with van der Waals surface area (Å²) in [5.41, 5.74) is 2.24. The number of aryl methyl sites for hydroxylation is 1. The first-order valence-corrected chi connectivity index (χ1v) is 5.83. The molecule has 0 aliphatic heterocycles. The van der Waals surface area contributed by atoms with Crippen molar-refractivity contribution >= 4 is 5.91 Å². The lowest BCUT2D eigenvalue weighted by Gasteiger charge is -2.08. The van der Waals surface area contributed by atoms with Crippen molar-refractivity contribution in [2.45, 2.75) is 19.6 Å². The lowest BCUT2D eigenvalue weighted by atomic mass is 10.2. The van der Waals surface area contributed by atoms with Crippen molar-refractivity contribution in [2.75, 3.05) is 0 Å². The number of carbonyl (C=O) groups excluding carboxylic acids is 1. The van der Waals surface area contributed by atoms with Gasteiger partial charge >= 0.3 is 12.1 Å². The maximum Gasteiger partial charge on any atom is 0.471 e. The summed E-state index contributed by atoms with van der Waals surface area (Å²) in [5, 5.41) is 6.03. The van der Waals surface area contributed by atoms with Gasteiger partial charge in [0, 0.05) is 12.7 Å². The standard InChI is InChI=1S/C13H12F3N3O/c1-9-6-7-19(18-9)11-4-2-10(3-5-11)8-17-12(20)13(14,15)16/h2-7H,8H2,1H3,(H,17,20). The van der Waals surface area contributed by atoms with E-state index in [9.17, 15) is 18.0 Å². The molecule has 0 spiro atoms. The molecule has 0 atom stereocenters. The molecule has 0 bridgehead atoms. The summed E-state index contributed by atoms with van der Waals surface area (Å²) in [7, 11) is 0. The molecule has 0 saturated heterocycles. The fraction of sp³-hybridized carbons (Fsp3) is 0.231. The first-order valence-electron chi connectivity index (χ1n) is 5.83. The van der Waals surface area contributed by atoms with Gasteiger partial charge in [-0.05, 0) is 30.7 Å². The number of carbonyl (C=O) groups is 1. The number of rotatable bonds is 3. The highest BCUT2D eigenvalue weighted by molar-refractivity contribution is 5.81.